The van der Waals surface area contributed by atoms with Gasteiger partial charge in [-0.05, 0) is 37.3 Å². The molecule has 1 aliphatic carbocycles. The van der Waals surface area contributed by atoms with Crippen molar-refractivity contribution in [2.45, 2.75) is 25.7 Å². The summed E-state index contributed by atoms with van der Waals surface area (Å²) in [4.78, 5) is 15.1. The van der Waals surface area contributed by atoms with Crippen molar-refractivity contribution in [3.63, 3.8) is 0 Å². The summed E-state index contributed by atoms with van der Waals surface area (Å²) in [7, 11) is 0. The zero-order chi connectivity index (χ0) is 10.1. The van der Waals surface area contributed by atoms with Crippen LogP contribution in [0.1, 0.15) is 34.5 Å². The lowest BCUT2D eigenvalue weighted by Gasteiger charge is -2.17. The van der Waals surface area contributed by atoms with E-state index in [2.05, 4.69) is 4.98 Å². The Labute approximate surface area is 81.8 Å². The standard InChI is InChI=1S/C10H12N2O2/c11-9-5-7(10(13)14)6-3-1-2-4-8(6)12-9/h5H,1-4H2,(H2,11,12)(H,13,14). The molecule has 0 aliphatic heterocycles. The van der Waals surface area contributed by atoms with E-state index in [1.165, 1.54) is 6.07 Å². The number of carbonyl (C=O) groups is 1. The Balaban J connectivity index is 2.58. The number of rotatable bonds is 1. The maximum Gasteiger partial charge on any atom is 0.336 e. The molecule has 0 fully saturated rings. The minimum Gasteiger partial charge on any atom is -0.478 e. The van der Waals surface area contributed by atoms with E-state index in [4.69, 9.17) is 10.8 Å². The van der Waals surface area contributed by atoms with E-state index < -0.39 is 5.97 Å². The summed E-state index contributed by atoms with van der Waals surface area (Å²) in [6, 6.07) is 1.45. The largest absolute Gasteiger partial charge is 0.478 e. The topological polar surface area (TPSA) is 76.2 Å². The summed E-state index contributed by atoms with van der Waals surface area (Å²) in [6.07, 6.45) is 3.77. The molecule has 1 aromatic heterocycles. The molecule has 1 aromatic rings. The zero-order valence-corrected chi connectivity index (χ0v) is 7.79. The Bertz CT molecular complexity index is 388. The Hall–Kier alpha value is -1.58. The Morgan fingerprint density at radius 2 is 2.14 bits per heavy atom. The molecule has 0 amide bonds. The molecule has 0 spiro atoms. The highest BCUT2D eigenvalue weighted by Crippen LogP contribution is 2.24. The van der Waals surface area contributed by atoms with Gasteiger partial charge >= 0.3 is 5.97 Å². The monoisotopic (exact) mass is 192 g/mol. The first-order chi connectivity index (χ1) is 6.68. The number of aromatic carboxylic acids is 1. The average Bonchev–Trinajstić information content (AvgIpc) is 2.16. The van der Waals surface area contributed by atoms with Crippen molar-refractivity contribution in [1.29, 1.82) is 0 Å². The van der Waals surface area contributed by atoms with Gasteiger partial charge in [0.1, 0.15) is 5.82 Å². The quantitative estimate of drug-likeness (QED) is 0.701. The number of hydrogen-bond acceptors (Lipinski definition) is 3. The summed E-state index contributed by atoms with van der Waals surface area (Å²) in [6.45, 7) is 0. The third-order valence-electron chi connectivity index (χ3n) is 2.55. The van der Waals surface area contributed by atoms with Crippen LogP contribution in [0.4, 0.5) is 5.82 Å². The van der Waals surface area contributed by atoms with E-state index in [1.54, 1.807) is 0 Å². The fourth-order valence-corrected chi connectivity index (χ4v) is 1.92. The van der Waals surface area contributed by atoms with E-state index in [1.807, 2.05) is 0 Å². The molecule has 0 saturated heterocycles. The van der Waals surface area contributed by atoms with E-state index in [0.29, 0.717) is 11.4 Å². The number of nitrogens with zero attached hydrogens (tertiary/aromatic N) is 1. The van der Waals surface area contributed by atoms with Crippen LogP contribution in [0.15, 0.2) is 6.07 Å². The number of aryl methyl sites for hydroxylation is 1. The van der Waals surface area contributed by atoms with Crippen molar-refractivity contribution in [1.82, 2.24) is 4.98 Å². The van der Waals surface area contributed by atoms with Gasteiger partial charge in [-0.15, -0.1) is 0 Å². The van der Waals surface area contributed by atoms with Gasteiger partial charge in [-0.1, -0.05) is 0 Å². The lowest BCUT2D eigenvalue weighted by atomic mass is 9.92. The lowest BCUT2D eigenvalue weighted by molar-refractivity contribution is 0.0695. The van der Waals surface area contributed by atoms with Crippen LogP contribution < -0.4 is 5.73 Å². The van der Waals surface area contributed by atoms with Crippen LogP contribution in [0.25, 0.3) is 0 Å². The van der Waals surface area contributed by atoms with Crippen molar-refractivity contribution >= 4 is 11.8 Å². The average molecular weight is 192 g/mol. The molecule has 0 aromatic carbocycles. The van der Waals surface area contributed by atoms with Gasteiger partial charge in [0, 0.05) is 5.69 Å². The second-order valence-electron chi connectivity index (χ2n) is 3.53. The van der Waals surface area contributed by atoms with Crippen LogP contribution in [-0.4, -0.2) is 16.1 Å². The number of hydrogen-bond donors (Lipinski definition) is 2. The molecule has 74 valence electrons. The molecule has 1 aliphatic rings. The van der Waals surface area contributed by atoms with Crippen LogP contribution in [0, 0.1) is 0 Å². The molecular weight excluding hydrogens is 180 g/mol. The lowest BCUT2D eigenvalue weighted by Crippen LogP contribution is -2.13. The summed E-state index contributed by atoms with van der Waals surface area (Å²) >= 11 is 0. The van der Waals surface area contributed by atoms with E-state index in [0.717, 1.165) is 36.9 Å². The predicted octanol–water partition coefficient (Wildman–Crippen LogP) is 1.24. The second kappa shape index (κ2) is 3.29. The van der Waals surface area contributed by atoms with Crippen LogP contribution >= 0.6 is 0 Å². The molecule has 0 bridgehead atoms. The maximum atomic E-state index is 10.9. The fourth-order valence-electron chi connectivity index (χ4n) is 1.92. The summed E-state index contributed by atoms with van der Waals surface area (Å²) in [5.74, 6) is -0.597. The molecular formula is C10H12N2O2. The first-order valence-corrected chi connectivity index (χ1v) is 4.70. The number of aromatic nitrogens is 1. The van der Waals surface area contributed by atoms with Gasteiger partial charge in [0.15, 0.2) is 0 Å². The van der Waals surface area contributed by atoms with E-state index in [9.17, 15) is 4.79 Å². The van der Waals surface area contributed by atoms with Gasteiger partial charge in [0.25, 0.3) is 0 Å². The summed E-state index contributed by atoms with van der Waals surface area (Å²) < 4.78 is 0. The number of pyridine rings is 1. The van der Waals surface area contributed by atoms with Crippen molar-refractivity contribution in [3.05, 3.63) is 22.9 Å². The summed E-state index contributed by atoms with van der Waals surface area (Å²) in [5, 5.41) is 8.98. The smallest absolute Gasteiger partial charge is 0.336 e. The highest BCUT2D eigenvalue weighted by molar-refractivity contribution is 5.90. The van der Waals surface area contributed by atoms with Crippen molar-refractivity contribution < 1.29 is 9.90 Å². The number of nitrogens with two attached hydrogens (primary N) is 1. The van der Waals surface area contributed by atoms with Crippen LogP contribution in [0.3, 0.4) is 0 Å². The minimum atomic E-state index is -0.905. The first-order valence-electron chi connectivity index (χ1n) is 4.70. The molecule has 1 heterocycles. The van der Waals surface area contributed by atoms with Gasteiger partial charge < -0.3 is 10.8 Å². The Morgan fingerprint density at radius 3 is 2.86 bits per heavy atom. The normalized spacial score (nSPS) is 14.9. The number of nitrogen functional groups attached to an aromatic ring is 1. The van der Waals surface area contributed by atoms with Gasteiger partial charge in [-0.2, -0.15) is 0 Å². The number of fused-ring (bicyclic) bond motifs is 1. The number of carboxylic acids is 1. The predicted molar refractivity (Wildman–Crippen MR) is 52.3 cm³/mol. The molecule has 2 rings (SSSR count). The maximum absolute atomic E-state index is 10.9. The molecule has 3 N–H and O–H groups in total. The molecule has 14 heavy (non-hydrogen) atoms. The number of anilines is 1. The van der Waals surface area contributed by atoms with Crippen molar-refractivity contribution in [2.24, 2.45) is 0 Å². The first kappa shape index (κ1) is 8.99. The summed E-state index contributed by atoms with van der Waals surface area (Å²) in [5.41, 5.74) is 7.61. The molecule has 0 unspecified atom stereocenters. The van der Waals surface area contributed by atoms with Gasteiger partial charge in [0.05, 0.1) is 5.56 Å². The van der Waals surface area contributed by atoms with E-state index in [-0.39, 0.29) is 0 Å². The van der Waals surface area contributed by atoms with Crippen molar-refractivity contribution in [2.75, 3.05) is 5.73 Å². The fraction of sp³-hybridized carbons (Fsp3) is 0.400. The highest BCUT2D eigenvalue weighted by atomic mass is 16.4. The van der Waals surface area contributed by atoms with Gasteiger partial charge in [0.2, 0.25) is 0 Å². The van der Waals surface area contributed by atoms with Crippen LogP contribution in [-0.2, 0) is 12.8 Å². The zero-order valence-electron chi connectivity index (χ0n) is 7.79. The highest BCUT2D eigenvalue weighted by Gasteiger charge is 2.19. The Morgan fingerprint density at radius 1 is 1.43 bits per heavy atom. The molecule has 4 nitrogen and oxygen atoms in total. The van der Waals surface area contributed by atoms with Gasteiger partial charge in [-0.25, -0.2) is 9.78 Å². The van der Waals surface area contributed by atoms with Crippen LogP contribution in [0.2, 0.25) is 0 Å². The molecule has 0 radical (unpaired) electrons. The third-order valence-corrected chi connectivity index (χ3v) is 2.55. The number of carboxylic acid groups (broad SMARTS) is 1. The van der Waals surface area contributed by atoms with Gasteiger partial charge in [-0.3, -0.25) is 0 Å². The molecule has 0 atom stereocenters. The second-order valence-corrected chi connectivity index (χ2v) is 3.53. The van der Waals surface area contributed by atoms with Crippen LogP contribution in [0.5, 0.6) is 0 Å². The Kier molecular flexibility index (Phi) is 2.11. The SMILES string of the molecule is Nc1cc(C(=O)O)c2c(n1)CCCC2. The molecule has 0 saturated carbocycles. The van der Waals surface area contributed by atoms with E-state index >= 15 is 0 Å². The molecule has 4 heteroatoms. The van der Waals surface area contributed by atoms with Crippen molar-refractivity contribution in [3.8, 4) is 0 Å². The third kappa shape index (κ3) is 1.43. The minimum absolute atomic E-state index is 0.308.